The van der Waals surface area contributed by atoms with E-state index in [1.165, 1.54) is 10.5 Å². The van der Waals surface area contributed by atoms with E-state index in [-0.39, 0.29) is 10.8 Å². The van der Waals surface area contributed by atoms with Gasteiger partial charge in [0.05, 0.1) is 11.6 Å². The van der Waals surface area contributed by atoms with Crippen LogP contribution in [0.5, 0.6) is 0 Å². The van der Waals surface area contributed by atoms with Gasteiger partial charge in [-0.05, 0) is 31.5 Å². The Hall–Kier alpha value is -1.46. The van der Waals surface area contributed by atoms with Gasteiger partial charge in [0.25, 0.3) is 10.0 Å². The first-order chi connectivity index (χ1) is 9.36. The molecule has 0 fully saturated rings. The number of aromatic amines is 1. The summed E-state index contributed by atoms with van der Waals surface area (Å²) in [6, 6.07) is 7.23. The lowest BCUT2D eigenvalue weighted by Gasteiger charge is -2.21. The fraction of sp³-hybridized carbons (Fsp3) is 0.286. The monoisotopic (exact) mass is 312 g/mol. The molecule has 4 nitrogen and oxygen atoms in total. The zero-order valence-corrected chi connectivity index (χ0v) is 13.2. The molecule has 1 aromatic carbocycles. The summed E-state index contributed by atoms with van der Waals surface area (Å²) in [5.41, 5.74) is 3.37. The highest BCUT2D eigenvalue weighted by molar-refractivity contribution is 7.92. The van der Waals surface area contributed by atoms with E-state index in [9.17, 15) is 8.42 Å². The van der Waals surface area contributed by atoms with Crippen LogP contribution in [0.25, 0.3) is 0 Å². The zero-order chi connectivity index (χ0) is 14.9. The molecule has 0 aliphatic rings. The van der Waals surface area contributed by atoms with Crippen LogP contribution in [0.4, 0.5) is 5.69 Å². The molecule has 20 heavy (non-hydrogen) atoms. The molecule has 0 spiro atoms. The van der Waals surface area contributed by atoms with Crippen LogP contribution >= 0.6 is 11.6 Å². The van der Waals surface area contributed by atoms with Crippen LogP contribution in [0.2, 0.25) is 0 Å². The topological polar surface area (TPSA) is 53.2 Å². The number of nitrogens with one attached hydrogen (secondary N) is 1. The standard InChI is InChI=1S/C14H17ClN2O2S/c1-10-4-5-14(11(2)6-10)17(3)20(18,19)13-7-12(8-15)16-9-13/h4-7,9,16H,8H2,1-3H3. The molecule has 1 heterocycles. The molecule has 0 aliphatic heterocycles. The number of halogens is 1. The van der Waals surface area contributed by atoms with Crippen LogP contribution in [0.1, 0.15) is 16.8 Å². The molecule has 2 rings (SSSR count). The van der Waals surface area contributed by atoms with E-state index in [0.717, 1.165) is 11.1 Å². The molecule has 0 bridgehead atoms. The fourth-order valence-corrected chi connectivity index (χ4v) is 3.52. The summed E-state index contributed by atoms with van der Waals surface area (Å²) in [7, 11) is -2.02. The van der Waals surface area contributed by atoms with Crippen molar-refractivity contribution in [2.45, 2.75) is 24.6 Å². The Morgan fingerprint density at radius 1 is 1.25 bits per heavy atom. The van der Waals surface area contributed by atoms with Crippen molar-refractivity contribution in [3.8, 4) is 0 Å². The number of rotatable bonds is 4. The van der Waals surface area contributed by atoms with Crippen LogP contribution in [0.15, 0.2) is 35.4 Å². The van der Waals surface area contributed by atoms with Crippen LogP contribution in [-0.4, -0.2) is 20.4 Å². The minimum atomic E-state index is -3.57. The van der Waals surface area contributed by atoms with Gasteiger partial charge in [-0.25, -0.2) is 8.42 Å². The van der Waals surface area contributed by atoms with Gasteiger partial charge in [-0.2, -0.15) is 0 Å². The molecule has 0 saturated heterocycles. The third-order valence-corrected chi connectivity index (χ3v) is 5.25. The molecule has 0 unspecified atom stereocenters. The molecule has 0 aliphatic carbocycles. The molecule has 0 amide bonds. The number of benzene rings is 1. The summed E-state index contributed by atoms with van der Waals surface area (Å²) in [6.45, 7) is 3.87. The number of aryl methyl sites for hydroxylation is 2. The Kier molecular flexibility index (Phi) is 4.11. The minimum absolute atomic E-state index is 0.218. The number of H-pyrrole nitrogens is 1. The van der Waals surface area contributed by atoms with Gasteiger partial charge in [-0.3, -0.25) is 4.31 Å². The molecule has 2 aromatic rings. The number of hydrogen-bond acceptors (Lipinski definition) is 2. The number of nitrogens with zero attached hydrogens (tertiary/aromatic N) is 1. The second-order valence-corrected chi connectivity index (χ2v) is 6.99. The fourth-order valence-electron chi connectivity index (χ4n) is 2.09. The zero-order valence-electron chi connectivity index (χ0n) is 11.6. The third-order valence-electron chi connectivity index (χ3n) is 3.21. The van der Waals surface area contributed by atoms with Crippen molar-refractivity contribution in [3.63, 3.8) is 0 Å². The number of sulfonamides is 1. The normalized spacial score (nSPS) is 11.6. The molecule has 0 radical (unpaired) electrons. The predicted octanol–water partition coefficient (Wildman–Crippen LogP) is 3.20. The maximum Gasteiger partial charge on any atom is 0.265 e. The lowest BCUT2D eigenvalue weighted by Crippen LogP contribution is -2.26. The van der Waals surface area contributed by atoms with E-state index in [4.69, 9.17) is 11.6 Å². The Morgan fingerprint density at radius 3 is 2.50 bits per heavy atom. The molecule has 6 heteroatoms. The maximum absolute atomic E-state index is 12.6. The maximum atomic E-state index is 12.6. The summed E-state index contributed by atoms with van der Waals surface area (Å²) in [6.07, 6.45) is 1.47. The van der Waals surface area contributed by atoms with E-state index in [1.807, 2.05) is 32.0 Å². The molecular weight excluding hydrogens is 296 g/mol. The highest BCUT2D eigenvalue weighted by atomic mass is 35.5. The quantitative estimate of drug-likeness (QED) is 0.881. The van der Waals surface area contributed by atoms with Crippen molar-refractivity contribution in [2.75, 3.05) is 11.4 Å². The summed E-state index contributed by atoms with van der Waals surface area (Å²) in [5, 5.41) is 0. The Morgan fingerprint density at radius 2 is 1.95 bits per heavy atom. The van der Waals surface area contributed by atoms with E-state index in [1.54, 1.807) is 13.1 Å². The lowest BCUT2D eigenvalue weighted by molar-refractivity contribution is 0.594. The van der Waals surface area contributed by atoms with E-state index >= 15 is 0 Å². The summed E-state index contributed by atoms with van der Waals surface area (Å²) < 4.78 is 26.4. The number of alkyl halides is 1. The van der Waals surface area contributed by atoms with Crippen LogP contribution in [0, 0.1) is 13.8 Å². The summed E-state index contributed by atoms with van der Waals surface area (Å²) >= 11 is 5.69. The van der Waals surface area contributed by atoms with Crippen molar-refractivity contribution in [3.05, 3.63) is 47.3 Å². The van der Waals surface area contributed by atoms with Crippen molar-refractivity contribution in [1.29, 1.82) is 0 Å². The second kappa shape index (κ2) is 5.50. The Balaban J connectivity index is 2.43. The summed E-state index contributed by atoms with van der Waals surface area (Å²) in [4.78, 5) is 3.07. The van der Waals surface area contributed by atoms with Gasteiger partial charge in [0.1, 0.15) is 4.90 Å². The molecule has 0 atom stereocenters. The largest absolute Gasteiger partial charge is 0.363 e. The van der Waals surface area contributed by atoms with Crippen LogP contribution in [-0.2, 0) is 15.9 Å². The molecule has 1 aromatic heterocycles. The molecule has 108 valence electrons. The van der Waals surface area contributed by atoms with Gasteiger partial charge >= 0.3 is 0 Å². The van der Waals surface area contributed by atoms with Crippen LogP contribution in [0.3, 0.4) is 0 Å². The third kappa shape index (κ3) is 2.69. The smallest absolute Gasteiger partial charge is 0.265 e. The molecule has 0 saturated carbocycles. The predicted molar refractivity (Wildman–Crippen MR) is 81.9 cm³/mol. The lowest BCUT2D eigenvalue weighted by atomic mass is 10.1. The van der Waals surface area contributed by atoms with Gasteiger partial charge in [-0.15, -0.1) is 11.6 Å². The first kappa shape index (κ1) is 14.9. The van der Waals surface area contributed by atoms with Crippen molar-refractivity contribution in [1.82, 2.24) is 4.98 Å². The van der Waals surface area contributed by atoms with Crippen molar-refractivity contribution < 1.29 is 8.42 Å². The summed E-state index contributed by atoms with van der Waals surface area (Å²) in [5.74, 6) is 0.253. The van der Waals surface area contributed by atoms with E-state index in [0.29, 0.717) is 11.4 Å². The highest BCUT2D eigenvalue weighted by Gasteiger charge is 2.23. The van der Waals surface area contributed by atoms with Gasteiger partial charge in [0.2, 0.25) is 0 Å². The van der Waals surface area contributed by atoms with Crippen LogP contribution < -0.4 is 4.31 Å². The minimum Gasteiger partial charge on any atom is -0.363 e. The average molecular weight is 313 g/mol. The first-order valence-corrected chi connectivity index (χ1v) is 8.13. The SMILES string of the molecule is Cc1ccc(N(C)S(=O)(=O)c2c[nH]c(CCl)c2)c(C)c1. The molecule has 1 N–H and O–H groups in total. The van der Waals surface area contributed by atoms with Gasteiger partial charge < -0.3 is 4.98 Å². The molecular formula is C14H17ClN2O2S. The number of anilines is 1. The van der Waals surface area contributed by atoms with Gasteiger partial charge in [-0.1, -0.05) is 17.7 Å². The Bertz CT molecular complexity index is 723. The second-order valence-electron chi connectivity index (χ2n) is 4.76. The Labute approximate surface area is 124 Å². The average Bonchev–Trinajstić information content (AvgIpc) is 2.87. The van der Waals surface area contributed by atoms with Gasteiger partial charge in [0.15, 0.2) is 0 Å². The van der Waals surface area contributed by atoms with Gasteiger partial charge in [0, 0.05) is 18.9 Å². The van der Waals surface area contributed by atoms with E-state index in [2.05, 4.69) is 4.98 Å². The number of hydrogen-bond donors (Lipinski definition) is 1. The van der Waals surface area contributed by atoms with E-state index < -0.39 is 10.0 Å². The van der Waals surface area contributed by atoms with Crippen molar-refractivity contribution in [2.24, 2.45) is 0 Å². The van der Waals surface area contributed by atoms with Crippen molar-refractivity contribution >= 4 is 27.3 Å². The number of aromatic nitrogens is 1. The first-order valence-electron chi connectivity index (χ1n) is 6.15. The highest BCUT2D eigenvalue weighted by Crippen LogP contribution is 2.26.